The van der Waals surface area contributed by atoms with Gasteiger partial charge in [-0.3, -0.25) is 4.98 Å². The van der Waals surface area contributed by atoms with Crippen LogP contribution < -0.4 is 5.32 Å². The molecule has 110 valence electrons. The van der Waals surface area contributed by atoms with Crippen LogP contribution in [0.1, 0.15) is 39.8 Å². The molecule has 0 radical (unpaired) electrons. The van der Waals surface area contributed by atoms with Crippen LogP contribution in [0.15, 0.2) is 30.3 Å². The quantitative estimate of drug-likeness (QED) is 0.881. The molecule has 4 heteroatoms. The van der Waals surface area contributed by atoms with Crippen LogP contribution in [0.5, 0.6) is 0 Å². The highest BCUT2D eigenvalue weighted by Gasteiger charge is 2.15. The number of carbonyl (C=O) groups is 1. The summed E-state index contributed by atoms with van der Waals surface area (Å²) in [6, 6.07) is 10.1. The first-order chi connectivity index (χ1) is 10.0. The third-order valence-corrected chi connectivity index (χ3v) is 3.46. The van der Waals surface area contributed by atoms with Crippen LogP contribution in [0.3, 0.4) is 0 Å². The highest BCUT2D eigenvalue weighted by molar-refractivity contribution is 5.95. The number of hydrogen-bond acceptors (Lipinski definition) is 3. The van der Waals surface area contributed by atoms with Gasteiger partial charge in [0.05, 0.1) is 11.4 Å². The number of hydrogen-bond donors (Lipinski definition) is 2. The third-order valence-electron chi connectivity index (χ3n) is 3.46. The zero-order valence-electron chi connectivity index (χ0n) is 12.6. The number of aryl methyl sites for hydroxylation is 3. The number of anilines is 1. The lowest BCUT2D eigenvalue weighted by atomic mass is 10.1. The van der Waals surface area contributed by atoms with Crippen LogP contribution >= 0.6 is 0 Å². The number of nitrogens with one attached hydrogen (secondary N) is 1. The second kappa shape index (κ2) is 6.39. The van der Waals surface area contributed by atoms with Crippen molar-refractivity contribution in [3.05, 3.63) is 58.4 Å². The molecule has 1 heterocycles. The minimum absolute atomic E-state index is 0.241. The Morgan fingerprint density at radius 1 is 1.19 bits per heavy atom. The number of carboxylic acids is 1. The normalized spacial score (nSPS) is 10.4. The van der Waals surface area contributed by atoms with Crippen molar-refractivity contribution in [3.8, 4) is 0 Å². The second-order valence-corrected chi connectivity index (χ2v) is 5.10. The summed E-state index contributed by atoms with van der Waals surface area (Å²) in [4.78, 5) is 15.6. The number of aromatic nitrogens is 1. The molecule has 0 bridgehead atoms. The minimum atomic E-state index is -0.955. The van der Waals surface area contributed by atoms with Gasteiger partial charge in [0.25, 0.3) is 0 Å². The van der Waals surface area contributed by atoms with Gasteiger partial charge in [0, 0.05) is 12.2 Å². The van der Waals surface area contributed by atoms with Crippen LogP contribution in [0, 0.1) is 13.8 Å². The summed E-state index contributed by atoms with van der Waals surface area (Å²) in [6.45, 7) is 6.29. The Labute approximate surface area is 124 Å². The molecule has 0 aliphatic rings. The summed E-state index contributed by atoms with van der Waals surface area (Å²) < 4.78 is 0. The number of pyridine rings is 1. The van der Waals surface area contributed by atoms with Crippen molar-refractivity contribution in [1.82, 2.24) is 4.98 Å². The van der Waals surface area contributed by atoms with E-state index in [-0.39, 0.29) is 5.56 Å². The number of benzene rings is 1. The number of rotatable bonds is 5. The molecule has 2 N–H and O–H groups in total. The third kappa shape index (κ3) is 3.60. The van der Waals surface area contributed by atoms with E-state index < -0.39 is 5.97 Å². The molecule has 1 aromatic heterocycles. The lowest BCUT2D eigenvalue weighted by Crippen LogP contribution is -2.10. The van der Waals surface area contributed by atoms with Gasteiger partial charge in [-0.2, -0.15) is 0 Å². The maximum atomic E-state index is 11.4. The summed E-state index contributed by atoms with van der Waals surface area (Å²) in [5.41, 5.74) is 4.61. The highest BCUT2D eigenvalue weighted by Crippen LogP contribution is 2.20. The minimum Gasteiger partial charge on any atom is -0.478 e. The zero-order valence-corrected chi connectivity index (χ0v) is 12.6. The van der Waals surface area contributed by atoms with E-state index in [1.54, 1.807) is 13.0 Å². The predicted molar refractivity (Wildman–Crippen MR) is 83.8 cm³/mol. The largest absolute Gasteiger partial charge is 0.478 e. The summed E-state index contributed by atoms with van der Waals surface area (Å²) in [5.74, 6) is -0.955. The monoisotopic (exact) mass is 284 g/mol. The summed E-state index contributed by atoms with van der Waals surface area (Å²) in [7, 11) is 0. The molecule has 0 aliphatic heterocycles. The van der Waals surface area contributed by atoms with E-state index in [9.17, 15) is 9.90 Å². The molecule has 0 saturated carbocycles. The van der Waals surface area contributed by atoms with Crippen LogP contribution in [0.2, 0.25) is 0 Å². The molecule has 0 amide bonds. The maximum absolute atomic E-state index is 11.4. The summed E-state index contributed by atoms with van der Waals surface area (Å²) in [6.07, 6.45) is 1.01. The SMILES string of the molecule is CCc1ccc(CNc2cc(C)nc(C)c2C(=O)O)cc1. The fraction of sp³-hybridized carbons (Fsp3) is 0.294. The second-order valence-electron chi connectivity index (χ2n) is 5.10. The summed E-state index contributed by atoms with van der Waals surface area (Å²) >= 11 is 0. The zero-order chi connectivity index (χ0) is 15.4. The van der Waals surface area contributed by atoms with Gasteiger partial charge in [-0.1, -0.05) is 31.2 Å². The molecule has 0 saturated heterocycles. The average Bonchev–Trinajstić information content (AvgIpc) is 2.44. The van der Waals surface area contributed by atoms with Crippen molar-refractivity contribution in [1.29, 1.82) is 0 Å². The molecule has 0 atom stereocenters. The number of aromatic carboxylic acids is 1. The molecule has 0 spiro atoms. The van der Waals surface area contributed by atoms with Crippen LogP contribution in [-0.4, -0.2) is 16.1 Å². The molecule has 0 aliphatic carbocycles. The van der Waals surface area contributed by atoms with Gasteiger partial charge in [-0.25, -0.2) is 4.79 Å². The molecule has 2 aromatic rings. The van der Waals surface area contributed by atoms with Crippen molar-refractivity contribution in [3.63, 3.8) is 0 Å². The van der Waals surface area contributed by atoms with E-state index >= 15 is 0 Å². The number of carboxylic acid groups (broad SMARTS) is 1. The summed E-state index contributed by atoms with van der Waals surface area (Å²) in [5, 5.41) is 12.5. The van der Waals surface area contributed by atoms with E-state index in [1.807, 2.05) is 6.92 Å². The lowest BCUT2D eigenvalue weighted by molar-refractivity contribution is 0.0696. The molecule has 1 aromatic carbocycles. The molecule has 0 unspecified atom stereocenters. The van der Waals surface area contributed by atoms with Crippen LogP contribution in [0.4, 0.5) is 5.69 Å². The van der Waals surface area contributed by atoms with Gasteiger partial charge in [-0.15, -0.1) is 0 Å². The van der Waals surface area contributed by atoms with E-state index in [0.717, 1.165) is 17.7 Å². The lowest BCUT2D eigenvalue weighted by Gasteiger charge is -2.12. The number of nitrogens with zero attached hydrogens (tertiary/aromatic N) is 1. The Balaban J connectivity index is 2.20. The Kier molecular flexibility index (Phi) is 4.58. The first-order valence-electron chi connectivity index (χ1n) is 7.04. The van der Waals surface area contributed by atoms with E-state index in [4.69, 9.17) is 0 Å². The fourth-order valence-corrected chi connectivity index (χ4v) is 2.33. The van der Waals surface area contributed by atoms with Gasteiger partial charge in [0.15, 0.2) is 0 Å². The smallest absolute Gasteiger partial charge is 0.339 e. The van der Waals surface area contributed by atoms with Crippen molar-refractivity contribution in [2.24, 2.45) is 0 Å². The molecule has 21 heavy (non-hydrogen) atoms. The Hall–Kier alpha value is -2.36. The topological polar surface area (TPSA) is 62.2 Å². The van der Waals surface area contributed by atoms with Crippen LogP contribution in [0.25, 0.3) is 0 Å². The molecular formula is C17H20N2O2. The highest BCUT2D eigenvalue weighted by atomic mass is 16.4. The van der Waals surface area contributed by atoms with Crippen molar-refractivity contribution in [2.75, 3.05) is 5.32 Å². The van der Waals surface area contributed by atoms with Gasteiger partial charge in [0.1, 0.15) is 5.56 Å². The standard InChI is InChI=1S/C17H20N2O2/c1-4-13-5-7-14(8-6-13)10-18-15-9-11(2)19-12(3)16(15)17(20)21/h5-9H,4,10H2,1-3H3,(H,18,19)(H,20,21). The van der Waals surface area contributed by atoms with Crippen molar-refractivity contribution in [2.45, 2.75) is 33.7 Å². The Bertz CT molecular complexity index is 649. The van der Waals surface area contributed by atoms with Gasteiger partial charge >= 0.3 is 5.97 Å². The van der Waals surface area contributed by atoms with Crippen LogP contribution in [-0.2, 0) is 13.0 Å². The Morgan fingerprint density at radius 2 is 1.81 bits per heavy atom. The molecule has 0 fully saturated rings. The van der Waals surface area contributed by atoms with Gasteiger partial charge in [0.2, 0.25) is 0 Å². The maximum Gasteiger partial charge on any atom is 0.339 e. The van der Waals surface area contributed by atoms with Crippen molar-refractivity contribution >= 4 is 11.7 Å². The molecule has 2 rings (SSSR count). The van der Waals surface area contributed by atoms with E-state index in [2.05, 4.69) is 41.5 Å². The van der Waals surface area contributed by atoms with Crippen molar-refractivity contribution < 1.29 is 9.90 Å². The van der Waals surface area contributed by atoms with E-state index in [1.165, 1.54) is 5.56 Å². The van der Waals surface area contributed by atoms with Gasteiger partial charge < -0.3 is 10.4 Å². The fourth-order valence-electron chi connectivity index (χ4n) is 2.33. The predicted octanol–water partition coefficient (Wildman–Crippen LogP) is 3.57. The Morgan fingerprint density at radius 3 is 2.38 bits per heavy atom. The first kappa shape index (κ1) is 15.0. The average molecular weight is 284 g/mol. The molecular weight excluding hydrogens is 264 g/mol. The first-order valence-corrected chi connectivity index (χ1v) is 7.04. The van der Waals surface area contributed by atoms with Gasteiger partial charge in [-0.05, 0) is 37.5 Å². The molecule has 4 nitrogen and oxygen atoms in total. The van der Waals surface area contributed by atoms with E-state index in [0.29, 0.717) is 17.9 Å².